The summed E-state index contributed by atoms with van der Waals surface area (Å²) in [7, 11) is 0. The number of aromatic nitrogens is 2. The standard InChI is InChI=1S/C13H9ClN2O3/c14-11-6-9(18)13(16-15-11)19-10-3-1-2-7-4-5-8(17)12(7)10/h1-3,6H,4-5H2,(H,15,18). The molecule has 0 atom stereocenters. The Kier molecular flexibility index (Phi) is 2.83. The minimum absolute atomic E-state index is 0.0241. The summed E-state index contributed by atoms with van der Waals surface area (Å²) in [5.41, 5.74) is 1.04. The molecule has 19 heavy (non-hydrogen) atoms. The summed E-state index contributed by atoms with van der Waals surface area (Å²) < 4.78 is 5.44. The number of hydrogen-bond acceptors (Lipinski definition) is 4. The van der Waals surface area contributed by atoms with E-state index in [4.69, 9.17) is 16.3 Å². The summed E-state index contributed by atoms with van der Waals surface area (Å²) in [6.07, 6.45) is 1.18. The molecular weight excluding hydrogens is 268 g/mol. The van der Waals surface area contributed by atoms with Crippen molar-refractivity contribution < 1.29 is 9.53 Å². The monoisotopic (exact) mass is 276 g/mol. The normalized spacial score (nSPS) is 13.4. The summed E-state index contributed by atoms with van der Waals surface area (Å²) in [6, 6.07) is 6.50. The summed E-state index contributed by atoms with van der Waals surface area (Å²) in [4.78, 5) is 23.5. The van der Waals surface area contributed by atoms with Crippen LogP contribution in [0.1, 0.15) is 22.3 Å². The van der Waals surface area contributed by atoms with Gasteiger partial charge in [0.05, 0.1) is 5.56 Å². The smallest absolute Gasteiger partial charge is 0.285 e. The number of ether oxygens (including phenoxy) is 1. The first kappa shape index (κ1) is 11.9. The van der Waals surface area contributed by atoms with Crippen LogP contribution in [0.4, 0.5) is 0 Å². The van der Waals surface area contributed by atoms with Gasteiger partial charge in [-0.3, -0.25) is 14.7 Å². The second-order valence-corrected chi connectivity index (χ2v) is 4.61. The third kappa shape index (κ3) is 2.13. The lowest BCUT2D eigenvalue weighted by Crippen LogP contribution is -2.08. The molecule has 1 aromatic heterocycles. The number of aryl methyl sites for hydroxylation is 1. The van der Waals surface area contributed by atoms with Gasteiger partial charge in [0.15, 0.2) is 5.78 Å². The molecular formula is C13H9ClN2O3. The maximum atomic E-state index is 11.8. The van der Waals surface area contributed by atoms with Gasteiger partial charge in [-0.05, 0) is 18.1 Å². The second-order valence-electron chi connectivity index (χ2n) is 4.20. The number of H-pyrrole nitrogens is 1. The van der Waals surface area contributed by atoms with Crippen LogP contribution in [0.15, 0.2) is 29.1 Å². The number of carbonyl (C=O) groups is 1. The molecule has 0 bridgehead atoms. The van der Waals surface area contributed by atoms with Gasteiger partial charge < -0.3 is 4.74 Å². The molecule has 0 spiro atoms. The molecule has 0 amide bonds. The number of ketones is 1. The van der Waals surface area contributed by atoms with Crippen molar-refractivity contribution in [3.05, 3.63) is 50.8 Å². The molecule has 1 aromatic carbocycles. The fraction of sp³-hybridized carbons (Fsp3) is 0.154. The summed E-state index contributed by atoms with van der Waals surface area (Å²) >= 11 is 5.61. The number of hydrogen-bond donors (Lipinski definition) is 1. The Hall–Kier alpha value is -2.14. The Morgan fingerprint density at radius 1 is 1.26 bits per heavy atom. The van der Waals surface area contributed by atoms with E-state index in [-0.39, 0.29) is 16.8 Å². The van der Waals surface area contributed by atoms with E-state index in [1.807, 2.05) is 6.07 Å². The molecule has 6 heteroatoms. The first-order chi connectivity index (χ1) is 9.15. The van der Waals surface area contributed by atoms with E-state index in [1.54, 1.807) is 12.1 Å². The van der Waals surface area contributed by atoms with Crippen LogP contribution in [0.3, 0.4) is 0 Å². The summed E-state index contributed by atoms with van der Waals surface area (Å²) in [6.45, 7) is 0. The molecule has 0 aliphatic heterocycles. The van der Waals surface area contributed by atoms with Crippen molar-refractivity contribution in [3.63, 3.8) is 0 Å². The molecule has 1 aliphatic carbocycles. The van der Waals surface area contributed by atoms with Crippen molar-refractivity contribution in [1.29, 1.82) is 0 Å². The zero-order valence-corrected chi connectivity index (χ0v) is 10.5. The van der Waals surface area contributed by atoms with Crippen molar-refractivity contribution in [2.45, 2.75) is 12.8 Å². The molecule has 0 saturated carbocycles. The lowest BCUT2D eigenvalue weighted by atomic mass is 10.1. The second kappa shape index (κ2) is 4.51. The van der Waals surface area contributed by atoms with Gasteiger partial charge in [0.25, 0.3) is 5.88 Å². The molecule has 5 nitrogen and oxygen atoms in total. The van der Waals surface area contributed by atoms with Crippen LogP contribution in [0.5, 0.6) is 11.6 Å². The zero-order valence-electron chi connectivity index (χ0n) is 9.77. The summed E-state index contributed by atoms with van der Waals surface area (Å²) in [5, 5.41) is 6.30. The van der Waals surface area contributed by atoms with Crippen LogP contribution in [0.2, 0.25) is 5.15 Å². The number of halogens is 1. The number of aromatic amines is 1. The van der Waals surface area contributed by atoms with Crippen LogP contribution in [-0.4, -0.2) is 16.0 Å². The van der Waals surface area contributed by atoms with E-state index in [2.05, 4.69) is 10.2 Å². The Bertz CT molecular complexity index is 724. The predicted octanol–water partition coefficient (Wildman–Crippen LogP) is 2.34. The quantitative estimate of drug-likeness (QED) is 0.914. The van der Waals surface area contributed by atoms with Crippen LogP contribution in [0, 0.1) is 0 Å². The Morgan fingerprint density at radius 2 is 2.11 bits per heavy atom. The van der Waals surface area contributed by atoms with Gasteiger partial charge >= 0.3 is 0 Å². The van der Waals surface area contributed by atoms with Gasteiger partial charge in [-0.1, -0.05) is 23.7 Å². The molecule has 0 fully saturated rings. The van der Waals surface area contributed by atoms with E-state index in [0.29, 0.717) is 24.2 Å². The maximum absolute atomic E-state index is 11.8. The van der Waals surface area contributed by atoms with Gasteiger partial charge in [0, 0.05) is 12.5 Å². The van der Waals surface area contributed by atoms with E-state index in [1.165, 1.54) is 6.07 Å². The molecule has 1 aliphatic rings. The van der Waals surface area contributed by atoms with Gasteiger partial charge in [-0.2, -0.15) is 0 Å². The lowest BCUT2D eigenvalue weighted by molar-refractivity contribution is 0.0992. The highest BCUT2D eigenvalue weighted by molar-refractivity contribution is 6.29. The predicted molar refractivity (Wildman–Crippen MR) is 69.0 cm³/mol. The molecule has 2 aromatic rings. The van der Waals surface area contributed by atoms with Crippen molar-refractivity contribution in [2.75, 3.05) is 0 Å². The number of benzene rings is 1. The maximum Gasteiger partial charge on any atom is 0.285 e. The van der Waals surface area contributed by atoms with Gasteiger partial charge in [-0.15, -0.1) is 5.10 Å². The average Bonchev–Trinajstić information content (AvgIpc) is 2.76. The van der Waals surface area contributed by atoms with Gasteiger partial charge in [0.1, 0.15) is 10.9 Å². The molecule has 1 N–H and O–H groups in total. The van der Waals surface area contributed by atoms with Crippen molar-refractivity contribution >= 4 is 17.4 Å². The number of nitrogens with zero attached hydrogens (tertiary/aromatic N) is 1. The van der Waals surface area contributed by atoms with Crippen molar-refractivity contribution in [3.8, 4) is 11.6 Å². The first-order valence-corrected chi connectivity index (χ1v) is 6.11. The van der Waals surface area contributed by atoms with E-state index >= 15 is 0 Å². The topological polar surface area (TPSA) is 72.0 Å². The Morgan fingerprint density at radius 3 is 2.89 bits per heavy atom. The molecule has 1 heterocycles. The molecule has 0 saturated heterocycles. The highest BCUT2D eigenvalue weighted by Gasteiger charge is 2.24. The fourth-order valence-electron chi connectivity index (χ4n) is 2.11. The SMILES string of the molecule is O=C1CCc2cccc(Oc3n[nH]c(Cl)cc3=O)c21. The minimum atomic E-state index is -0.438. The van der Waals surface area contributed by atoms with Crippen LogP contribution in [-0.2, 0) is 6.42 Å². The number of Topliss-reactive ketones (excluding diaryl/α,β-unsaturated/α-hetero) is 1. The zero-order chi connectivity index (χ0) is 13.4. The van der Waals surface area contributed by atoms with Gasteiger partial charge in [-0.25, -0.2) is 0 Å². The minimum Gasteiger partial charge on any atom is -0.434 e. The fourth-order valence-corrected chi connectivity index (χ4v) is 2.25. The highest BCUT2D eigenvalue weighted by atomic mass is 35.5. The molecule has 3 rings (SSSR count). The highest BCUT2D eigenvalue weighted by Crippen LogP contribution is 2.32. The van der Waals surface area contributed by atoms with E-state index in [0.717, 1.165) is 5.56 Å². The Balaban J connectivity index is 2.03. The van der Waals surface area contributed by atoms with E-state index < -0.39 is 5.43 Å². The first-order valence-electron chi connectivity index (χ1n) is 5.73. The van der Waals surface area contributed by atoms with Gasteiger partial charge in [0.2, 0.25) is 5.43 Å². The number of nitrogens with one attached hydrogen (secondary N) is 1. The third-order valence-electron chi connectivity index (χ3n) is 2.95. The largest absolute Gasteiger partial charge is 0.434 e. The van der Waals surface area contributed by atoms with Crippen LogP contribution >= 0.6 is 11.6 Å². The lowest BCUT2D eigenvalue weighted by Gasteiger charge is -2.07. The van der Waals surface area contributed by atoms with Crippen molar-refractivity contribution in [2.24, 2.45) is 0 Å². The Labute approximate surface area is 113 Å². The molecule has 0 unspecified atom stereocenters. The third-order valence-corrected chi connectivity index (χ3v) is 3.15. The number of fused-ring (bicyclic) bond motifs is 1. The van der Waals surface area contributed by atoms with Crippen molar-refractivity contribution in [1.82, 2.24) is 10.2 Å². The molecule has 96 valence electrons. The van der Waals surface area contributed by atoms with Crippen LogP contribution < -0.4 is 10.2 Å². The molecule has 0 radical (unpaired) electrons. The van der Waals surface area contributed by atoms with E-state index in [9.17, 15) is 9.59 Å². The average molecular weight is 277 g/mol. The van der Waals surface area contributed by atoms with Crippen LogP contribution in [0.25, 0.3) is 0 Å². The summed E-state index contributed by atoms with van der Waals surface area (Å²) in [5.74, 6) is 0.258. The number of rotatable bonds is 2. The number of carbonyl (C=O) groups excluding carboxylic acids is 1.